The van der Waals surface area contributed by atoms with Gasteiger partial charge in [0.2, 0.25) is 5.91 Å². The molecular weight excluding hydrogens is 371 g/mol. The van der Waals surface area contributed by atoms with E-state index in [0.717, 1.165) is 19.6 Å². The third kappa shape index (κ3) is 4.08. The van der Waals surface area contributed by atoms with E-state index in [1.807, 2.05) is 4.90 Å². The molecule has 0 N–H and O–H groups in total. The Morgan fingerprint density at radius 2 is 1.77 bits per heavy atom. The fraction of sp³-hybridized carbons (Fsp3) is 0.600. The summed E-state index contributed by atoms with van der Waals surface area (Å²) in [4.78, 5) is 30.2. The van der Waals surface area contributed by atoms with Crippen LogP contribution in [0.3, 0.4) is 0 Å². The summed E-state index contributed by atoms with van der Waals surface area (Å²) < 4.78 is 0. The first kappa shape index (κ1) is 19.7. The number of likely N-dealkylation sites (tertiary alicyclic amines) is 2. The number of rotatable bonds is 5. The smallest absolute Gasteiger partial charge is 0.237 e. The van der Waals surface area contributed by atoms with Crippen LogP contribution in [0.2, 0.25) is 10.0 Å². The Bertz CT molecular complexity index is 686. The summed E-state index contributed by atoms with van der Waals surface area (Å²) in [5, 5.41) is 0.802. The molecule has 26 heavy (non-hydrogen) atoms. The molecule has 4 nitrogen and oxygen atoms in total. The molecule has 2 saturated heterocycles. The van der Waals surface area contributed by atoms with E-state index < -0.39 is 5.92 Å². The normalized spacial score (nSPS) is 23.1. The van der Waals surface area contributed by atoms with E-state index in [1.54, 1.807) is 18.2 Å². The molecule has 2 heterocycles. The van der Waals surface area contributed by atoms with Crippen LogP contribution in [0, 0.1) is 5.92 Å². The zero-order valence-corrected chi connectivity index (χ0v) is 16.9. The van der Waals surface area contributed by atoms with Gasteiger partial charge in [0.25, 0.3) is 0 Å². The lowest BCUT2D eigenvalue weighted by atomic mass is 9.86. The van der Waals surface area contributed by atoms with Crippen molar-refractivity contribution >= 4 is 34.9 Å². The lowest BCUT2D eigenvalue weighted by Gasteiger charge is -2.41. The Hall–Kier alpha value is -1.10. The molecule has 0 saturated carbocycles. The summed E-state index contributed by atoms with van der Waals surface area (Å²) >= 11 is 12.1. The van der Waals surface area contributed by atoms with Crippen LogP contribution in [-0.4, -0.2) is 53.7 Å². The molecule has 0 spiro atoms. The third-order valence-corrected chi connectivity index (χ3v) is 6.28. The zero-order valence-electron chi connectivity index (χ0n) is 15.4. The van der Waals surface area contributed by atoms with Crippen molar-refractivity contribution in [3.8, 4) is 0 Å². The molecule has 142 valence electrons. The van der Waals surface area contributed by atoms with E-state index in [4.69, 9.17) is 23.2 Å². The van der Waals surface area contributed by atoms with Gasteiger partial charge in [-0.1, -0.05) is 43.1 Å². The van der Waals surface area contributed by atoms with Crippen molar-refractivity contribution < 1.29 is 9.59 Å². The van der Waals surface area contributed by atoms with Gasteiger partial charge in [-0.25, -0.2) is 0 Å². The van der Waals surface area contributed by atoms with Gasteiger partial charge in [0.05, 0.1) is 10.0 Å². The highest BCUT2D eigenvalue weighted by atomic mass is 35.5. The van der Waals surface area contributed by atoms with Gasteiger partial charge < -0.3 is 9.80 Å². The van der Waals surface area contributed by atoms with E-state index >= 15 is 0 Å². The van der Waals surface area contributed by atoms with Crippen LogP contribution < -0.4 is 0 Å². The minimum absolute atomic E-state index is 0.0340. The summed E-state index contributed by atoms with van der Waals surface area (Å²) in [6, 6.07) is 5.17. The number of carbonyl (C=O) groups excluding carboxylic acids is 2. The van der Waals surface area contributed by atoms with Gasteiger partial charge in [-0.15, -0.1) is 0 Å². The molecule has 0 bridgehead atoms. The number of piperidine rings is 1. The Morgan fingerprint density at radius 1 is 1.08 bits per heavy atom. The third-order valence-electron chi connectivity index (χ3n) is 5.54. The first-order valence-electron chi connectivity index (χ1n) is 9.39. The van der Waals surface area contributed by atoms with Crippen LogP contribution in [0.5, 0.6) is 0 Å². The van der Waals surface area contributed by atoms with Crippen molar-refractivity contribution in [2.24, 2.45) is 5.92 Å². The van der Waals surface area contributed by atoms with Crippen molar-refractivity contribution in [2.75, 3.05) is 26.2 Å². The standard InChI is InChI=1S/C20H26Cl2N2O2/c1-13(2)17(12-23-8-3-4-9-23)24-10-7-18(25)19(20(24)26)14-5-6-15(21)16(22)11-14/h5-6,11,13,17,19H,3-4,7-10,12H2,1-2H3. The average molecular weight is 397 g/mol. The number of hydrogen-bond donors (Lipinski definition) is 0. The second kappa shape index (κ2) is 8.28. The molecule has 3 rings (SSSR count). The highest BCUT2D eigenvalue weighted by Crippen LogP contribution is 2.32. The zero-order chi connectivity index (χ0) is 18.8. The van der Waals surface area contributed by atoms with Gasteiger partial charge in [0, 0.05) is 25.6 Å². The molecule has 2 fully saturated rings. The SMILES string of the molecule is CC(C)C(CN1CCCC1)N1CCC(=O)C(c2ccc(Cl)c(Cl)c2)C1=O. The fourth-order valence-electron chi connectivity index (χ4n) is 4.04. The number of hydrogen-bond acceptors (Lipinski definition) is 3. The number of Topliss-reactive ketones (excluding diaryl/α,β-unsaturated/α-hetero) is 1. The van der Waals surface area contributed by atoms with E-state index in [9.17, 15) is 9.59 Å². The highest BCUT2D eigenvalue weighted by Gasteiger charge is 2.40. The molecule has 0 aliphatic carbocycles. The summed E-state index contributed by atoms with van der Waals surface area (Å²) in [5.41, 5.74) is 0.641. The molecule has 2 unspecified atom stereocenters. The summed E-state index contributed by atoms with van der Waals surface area (Å²) in [7, 11) is 0. The predicted molar refractivity (Wildman–Crippen MR) is 105 cm³/mol. The lowest BCUT2D eigenvalue weighted by molar-refractivity contribution is -0.145. The molecule has 0 aromatic heterocycles. The Morgan fingerprint density at radius 3 is 2.38 bits per heavy atom. The quantitative estimate of drug-likeness (QED) is 0.706. The first-order chi connectivity index (χ1) is 12.4. The molecule has 1 aromatic rings. The lowest BCUT2D eigenvalue weighted by Crippen LogP contribution is -2.54. The van der Waals surface area contributed by atoms with Crippen molar-refractivity contribution in [1.82, 2.24) is 9.80 Å². The highest BCUT2D eigenvalue weighted by molar-refractivity contribution is 6.42. The first-order valence-corrected chi connectivity index (χ1v) is 10.1. The van der Waals surface area contributed by atoms with Crippen LogP contribution in [0.4, 0.5) is 0 Å². The van der Waals surface area contributed by atoms with Crippen molar-refractivity contribution in [3.05, 3.63) is 33.8 Å². The molecule has 1 amide bonds. The second-order valence-corrected chi connectivity index (χ2v) is 8.49. The van der Waals surface area contributed by atoms with E-state index in [2.05, 4.69) is 18.7 Å². The van der Waals surface area contributed by atoms with Crippen LogP contribution in [0.25, 0.3) is 0 Å². The van der Waals surface area contributed by atoms with Crippen molar-refractivity contribution in [3.63, 3.8) is 0 Å². The fourth-order valence-corrected chi connectivity index (χ4v) is 4.34. The van der Waals surface area contributed by atoms with Gasteiger partial charge >= 0.3 is 0 Å². The molecule has 0 radical (unpaired) electrons. The van der Waals surface area contributed by atoms with Crippen molar-refractivity contribution in [1.29, 1.82) is 0 Å². The van der Waals surface area contributed by atoms with Crippen molar-refractivity contribution in [2.45, 2.75) is 45.1 Å². The maximum absolute atomic E-state index is 13.3. The van der Waals surface area contributed by atoms with E-state index in [1.165, 1.54) is 12.8 Å². The number of halogens is 2. The van der Waals surface area contributed by atoms with Crippen LogP contribution in [0.1, 0.15) is 44.6 Å². The molecule has 6 heteroatoms. The average Bonchev–Trinajstić information content (AvgIpc) is 3.09. The second-order valence-electron chi connectivity index (χ2n) is 7.67. The molecule has 2 aliphatic rings. The molecule has 2 atom stereocenters. The molecule has 2 aliphatic heterocycles. The van der Waals surface area contributed by atoms with E-state index in [0.29, 0.717) is 34.5 Å². The number of nitrogens with zero attached hydrogens (tertiary/aromatic N) is 2. The predicted octanol–water partition coefficient (Wildman–Crippen LogP) is 4.00. The van der Waals surface area contributed by atoms with Crippen LogP contribution in [0.15, 0.2) is 18.2 Å². The van der Waals surface area contributed by atoms with Gasteiger partial charge in [0.1, 0.15) is 5.92 Å². The monoisotopic (exact) mass is 396 g/mol. The topological polar surface area (TPSA) is 40.6 Å². The number of amides is 1. The Labute approximate surface area is 165 Å². The largest absolute Gasteiger partial charge is 0.337 e. The maximum atomic E-state index is 13.3. The number of carbonyl (C=O) groups is 2. The maximum Gasteiger partial charge on any atom is 0.237 e. The van der Waals surface area contributed by atoms with Gasteiger partial charge in [-0.3, -0.25) is 9.59 Å². The summed E-state index contributed by atoms with van der Waals surface area (Å²) in [6.07, 6.45) is 2.84. The number of benzene rings is 1. The van der Waals surface area contributed by atoms with Gasteiger partial charge in [-0.05, 0) is 49.5 Å². The summed E-state index contributed by atoms with van der Waals surface area (Å²) in [6.45, 7) is 7.88. The summed E-state index contributed by atoms with van der Waals surface area (Å²) in [5.74, 6) is -0.564. The van der Waals surface area contributed by atoms with Gasteiger partial charge in [-0.2, -0.15) is 0 Å². The Kier molecular flexibility index (Phi) is 6.26. The Balaban J connectivity index is 1.84. The number of ketones is 1. The van der Waals surface area contributed by atoms with Crippen LogP contribution >= 0.6 is 23.2 Å². The molecular formula is C20H26Cl2N2O2. The van der Waals surface area contributed by atoms with E-state index in [-0.39, 0.29) is 17.7 Å². The van der Waals surface area contributed by atoms with Crippen LogP contribution in [-0.2, 0) is 9.59 Å². The van der Waals surface area contributed by atoms with Gasteiger partial charge in [0.15, 0.2) is 5.78 Å². The minimum Gasteiger partial charge on any atom is -0.337 e. The minimum atomic E-state index is -0.765. The molecule has 1 aromatic carbocycles.